The Kier molecular flexibility index (Phi) is 9.97. The largest absolute Gasteiger partial charge is 0.508 e. The smallest absolute Gasteiger partial charge is 0.408 e. The predicted molar refractivity (Wildman–Crippen MR) is 129 cm³/mol. The Morgan fingerprint density at radius 3 is 1.71 bits per heavy atom. The molecule has 8 nitrogen and oxygen atoms in total. The van der Waals surface area contributed by atoms with Crippen LogP contribution in [0.15, 0.2) is 24.3 Å². The van der Waals surface area contributed by atoms with Crippen molar-refractivity contribution in [1.82, 2.24) is 5.32 Å². The first-order valence-electron chi connectivity index (χ1n) is 11.6. The van der Waals surface area contributed by atoms with Crippen LogP contribution < -0.4 is 5.32 Å². The van der Waals surface area contributed by atoms with Crippen LogP contribution >= 0.6 is 0 Å². The molecular weight excluding hydrogens is 438 g/mol. The quantitative estimate of drug-likeness (QED) is 0.403. The fourth-order valence-electron chi connectivity index (χ4n) is 3.04. The van der Waals surface area contributed by atoms with E-state index in [0.29, 0.717) is 6.42 Å². The van der Waals surface area contributed by atoms with Gasteiger partial charge in [-0.15, -0.1) is 0 Å². The van der Waals surface area contributed by atoms with Crippen molar-refractivity contribution in [2.45, 2.75) is 104 Å². The average Bonchev–Trinajstić information content (AvgIpc) is 2.61. The number of esters is 2. The maximum Gasteiger partial charge on any atom is 0.408 e. The van der Waals surface area contributed by atoms with Gasteiger partial charge < -0.3 is 24.6 Å². The topological polar surface area (TPSA) is 111 Å². The molecule has 0 bridgehead atoms. The molecule has 1 aromatic carbocycles. The van der Waals surface area contributed by atoms with E-state index in [1.807, 2.05) is 0 Å². The zero-order valence-electron chi connectivity index (χ0n) is 22.0. The number of phenolic OH excluding ortho intramolecular Hbond substituents is 1. The van der Waals surface area contributed by atoms with Crippen LogP contribution in [0.2, 0.25) is 0 Å². The number of phenols is 1. The van der Waals surface area contributed by atoms with E-state index >= 15 is 0 Å². The van der Waals surface area contributed by atoms with Gasteiger partial charge in [-0.2, -0.15) is 0 Å². The van der Waals surface area contributed by atoms with Crippen molar-refractivity contribution < 1.29 is 33.7 Å². The summed E-state index contributed by atoms with van der Waals surface area (Å²) in [4.78, 5) is 38.2. The summed E-state index contributed by atoms with van der Waals surface area (Å²) in [5.74, 6) is -1.45. The first kappa shape index (κ1) is 29.3. The summed E-state index contributed by atoms with van der Waals surface area (Å²) in [6, 6.07) is 5.57. The van der Waals surface area contributed by atoms with Crippen LogP contribution in [0.4, 0.5) is 4.79 Å². The van der Waals surface area contributed by atoms with Gasteiger partial charge in [-0.1, -0.05) is 12.1 Å². The molecule has 192 valence electrons. The van der Waals surface area contributed by atoms with Crippen LogP contribution in [0.1, 0.15) is 80.7 Å². The van der Waals surface area contributed by atoms with Gasteiger partial charge in [0.25, 0.3) is 0 Å². The fraction of sp³-hybridized carbons (Fsp3) is 0.654. The molecule has 34 heavy (non-hydrogen) atoms. The van der Waals surface area contributed by atoms with Crippen LogP contribution in [-0.2, 0) is 30.2 Å². The maximum absolute atomic E-state index is 13.0. The lowest BCUT2D eigenvalue weighted by Crippen LogP contribution is -2.46. The zero-order valence-corrected chi connectivity index (χ0v) is 22.0. The van der Waals surface area contributed by atoms with Gasteiger partial charge in [0.2, 0.25) is 0 Å². The van der Waals surface area contributed by atoms with E-state index in [9.17, 15) is 19.5 Å². The monoisotopic (exact) mass is 479 g/mol. The number of benzene rings is 1. The molecule has 0 aliphatic rings. The van der Waals surface area contributed by atoms with Crippen LogP contribution in [0.25, 0.3) is 0 Å². The van der Waals surface area contributed by atoms with Gasteiger partial charge in [0.15, 0.2) is 0 Å². The molecule has 0 saturated carbocycles. The van der Waals surface area contributed by atoms with Gasteiger partial charge in [-0.25, -0.2) is 9.59 Å². The molecule has 1 aromatic rings. The molecule has 0 aromatic heterocycles. The van der Waals surface area contributed by atoms with Crippen molar-refractivity contribution in [2.24, 2.45) is 5.92 Å². The molecule has 0 radical (unpaired) electrons. The molecule has 1 unspecified atom stereocenters. The minimum Gasteiger partial charge on any atom is -0.508 e. The lowest BCUT2D eigenvalue weighted by atomic mass is 9.92. The van der Waals surface area contributed by atoms with Gasteiger partial charge in [0.05, 0.1) is 5.92 Å². The van der Waals surface area contributed by atoms with Crippen molar-refractivity contribution in [3.63, 3.8) is 0 Å². The summed E-state index contributed by atoms with van der Waals surface area (Å²) >= 11 is 0. The van der Waals surface area contributed by atoms with Crippen LogP contribution in [-0.4, -0.2) is 46.0 Å². The average molecular weight is 480 g/mol. The number of carbonyl (C=O) groups is 3. The first-order valence-corrected chi connectivity index (χ1v) is 11.6. The van der Waals surface area contributed by atoms with Gasteiger partial charge in [-0.3, -0.25) is 4.79 Å². The summed E-state index contributed by atoms with van der Waals surface area (Å²) < 4.78 is 16.4. The van der Waals surface area contributed by atoms with Crippen LogP contribution in [0.5, 0.6) is 5.75 Å². The third-order valence-corrected chi connectivity index (χ3v) is 4.34. The van der Waals surface area contributed by atoms with Gasteiger partial charge in [0.1, 0.15) is 28.6 Å². The summed E-state index contributed by atoms with van der Waals surface area (Å²) in [6.45, 7) is 15.8. The number of rotatable bonds is 8. The number of alkyl carbamates (subject to hydrolysis) is 1. The highest BCUT2D eigenvalue weighted by atomic mass is 16.6. The zero-order chi connectivity index (χ0) is 26.3. The second-order valence-electron chi connectivity index (χ2n) is 11.4. The Morgan fingerprint density at radius 2 is 1.24 bits per heavy atom. The van der Waals surface area contributed by atoms with E-state index in [-0.39, 0.29) is 18.6 Å². The second-order valence-corrected chi connectivity index (χ2v) is 11.4. The molecular formula is C26H41NO7. The Morgan fingerprint density at radius 1 is 0.765 bits per heavy atom. The molecule has 1 amide bonds. The SMILES string of the molecule is CC(C)(C)OC(=O)N[C@@H](CCC(Cc1ccc(O)cc1)C(=O)OC(C)(C)C)C(=O)OC(C)(C)C. The third kappa shape index (κ3) is 12.5. The second kappa shape index (κ2) is 11.6. The molecule has 0 fully saturated rings. The summed E-state index contributed by atoms with van der Waals surface area (Å²) in [6.07, 6.45) is 0.0182. The normalized spacial score (nSPS) is 14.0. The van der Waals surface area contributed by atoms with E-state index in [1.165, 1.54) is 0 Å². The Labute approximate surface area is 203 Å². The van der Waals surface area contributed by atoms with Crippen LogP contribution in [0.3, 0.4) is 0 Å². The lowest BCUT2D eigenvalue weighted by Gasteiger charge is -2.28. The lowest BCUT2D eigenvalue weighted by molar-refractivity contribution is -0.162. The Bertz CT molecular complexity index is 827. The number of hydrogen-bond donors (Lipinski definition) is 2. The van der Waals surface area contributed by atoms with Gasteiger partial charge in [-0.05, 0) is 99.3 Å². The van der Waals surface area contributed by atoms with E-state index in [4.69, 9.17) is 14.2 Å². The standard InChI is InChI=1S/C26H41NO7/c1-24(2,3)32-21(29)18(16-17-10-13-19(28)14-11-17)12-15-20(22(30)33-25(4,5)6)27-23(31)34-26(7,8)9/h10-11,13-14,18,20,28H,12,15-16H2,1-9H3,(H,27,31)/t18?,20-/m0/s1. The van der Waals surface area contributed by atoms with Crippen molar-refractivity contribution >= 4 is 18.0 Å². The molecule has 1 rings (SSSR count). The molecule has 0 saturated heterocycles. The number of hydrogen-bond acceptors (Lipinski definition) is 7. The molecule has 0 aliphatic carbocycles. The predicted octanol–water partition coefficient (Wildman–Crippen LogP) is 4.91. The van der Waals surface area contributed by atoms with E-state index in [1.54, 1.807) is 86.6 Å². The minimum absolute atomic E-state index is 0.129. The van der Waals surface area contributed by atoms with Gasteiger partial charge >= 0.3 is 18.0 Å². The van der Waals surface area contributed by atoms with Gasteiger partial charge in [0, 0.05) is 0 Å². The molecule has 0 spiro atoms. The molecule has 0 aliphatic heterocycles. The van der Waals surface area contributed by atoms with Crippen LogP contribution in [0, 0.1) is 5.92 Å². The molecule has 0 heterocycles. The Hall–Kier alpha value is -2.77. The third-order valence-electron chi connectivity index (χ3n) is 4.34. The fourth-order valence-corrected chi connectivity index (χ4v) is 3.04. The number of aromatic hydroxyl groups is 1. The number of amides is 1. The highest BCUT2D eigenvalue weighted by molar-refractivity contribution is 5.82. The molecule has 8 heteroatoms. The van der Waals surface area contributed by atoms with E-state index in [2.05, 4.69) is 5.32 Å². The van der Waals surface area contributed by atoms with Crippen molar-refractivity contribution in [3.05, 3.63) is 29.8 Å². The molecule has 2 atom stereocenters. The van der Waals surface area contributed by atoms with Crippen molar-refractivity contribution in [3.8, 4) is 5.75 Å². The van der Waals surface area contributed by atoms with E-state index in [0.717, 1.165) is 5.56 Å². The first-order chi connectivity index (χ1) is 15.3. The summed E-state index contributed by atoms with van der Waals surface area (Å²) in [5.41, 5.74) is -1.33. The van der Waals surface area contributed by atoms with Crippen molar-refractivity contribution in [1.29, 1.82) is 0 Å². The maximum atomic E-state index is 13.0. The summed E-state index contributed by atoms with van der Waals surface area (Å²) in [7, 11) is 0. The number of nitrogens with one attached hydrogen (secondary N) is 1. The number of ether oxygens (including phenoxy) is 3. The minimum atomic E-state index is -1.00. The Balaban J connectivity index is 3.07. The summed E-state index contributed by atoms with van der Waals surface area (Å²) in [5, 5.41) is 12.1. The van der Waals surface area contributed by atoms with E-state index < -0.39 is 46.8 Å². The van der Waals surface area contributed by atoms with Crippen molar-refractivity contribution in [2.75, 3.05) is 0 Å². The highest BCUT2D eigenvalue weighted by Crippen LogP contribution is 2.23. The number of carbonyl (C=O) groups excluding carboxylic acids is 3. The highest BCUT2D eigenvalue weighted by Gasteiger charge is 2.32. The molecule has 2 N–H and O–H groups in total.